The van der Waals surface area contributed by atoms with Crippen molar-refractivity contribution in [3.8, 4) is 16.5 Å². The van der Waals surface area contributed by atoms with Crippen LogP contribution in [0.4, 0.5) is 0 Å². The fourth-order valence-corrected chi connectivity index (χ4v) is 3.21. The molecule has 2 heterocycles. The Kier molecular flexibility index (Phi) is 5.53. The number of nitrogens with one attached hydrogen (secondary N) is 1. The SMILES string of the molecule is COc1cccc(C(CO)NCc2cnc(-c3ccccn3)s2)c1. The van der Waals surface area contributed by atoms with Gasteiger partial charge in [-0.2, -0.15) is 0 Å². The standard InChI is InChI=1S/C18H19N3O2S/c1-23-14-6-4-5-13(9-14)17(12-22)20-10-15-11-21-18(24-15)16-7-2-3-8-19-16/h2-9,11,17,20,22H,10,12H2,1H3. The Morgan fingerprint density at radius 1 is 1.21 bits per heavy atom. The Morgan fingerprint density at radius 3 is 2.88 bits per heavy atom. The quantitative estimate of drug-likeness (QED) is 0.691. The minimum Gasteiger partial charge on any atom is -0.497 e. The Bertz CT molecular complexity index is 777. The summed E-state index contributed by atoms with van der Waals surface area (Å²) in [5.41, 5.74) is 1.87. The highest BCUT2D eigenvalue weighted by molar-refractivity contribution is 7.14. The van der Waals surface area contributed by atoms with Crippen LogP contribution in [0.3, 0.4) is 0 Å². The van der Waals surface area contributed by atoms with E-state index in [-0.39, 0.29) is 12.6 Å². The van der Waals surface area contributed by atoms with Gasteiger partial charge in [0.15, 0.2) is 0 Å². The van der Waals surface area contributed by atoms with Crippen molar-refractivity contribution < 1.29 is 9.84 Å². The third-order valence-corrected chi connectivity index (χ3v) is 4.66. The third-order valence-electron chi connectivity index (χ3n) is 3.64. The zero-order valence-corrected chi connectivity index (χ0v) is 14.2. The molecule has 2 aromatic heterocycles. The Balaban J connectivity index is 1.67. The molecule has 0 radical (unpaired) electrons. The van der Waals surface area contributed by atoms with E-state index in [4.69, 9.17) is 4.74 Å². The molecule has 0 bridgehead atoms. The number of benzene rings is 1. The van der Waals surface area contributed by atoms with E-state index in [0.717, 1.165) is 26.9 Å². The summed E-state index contributed by atoms with van der Waals surface area (Å²) >= 11 is 1.60. The van der Waals surface area contributed by atoms with Crippen LogP contribution in [-0.2, 0) is 6.54 Å². The highest BCUT2D eigenvalue weighted by Crippen LogP contribution is 2.24. The first-order valence-electron chi connectivity index (χ1n) is 7.64. The average molecular weight is 341 g/mol. The Hall–Kier alpha value is -2.28. The fraction of sp³-hybridized carbons (Fsp3) is 0.222. The summed E-state index contributed by atoms with van der Waals surface area (Å²) in [6.45, 7) is 0.645. The zero-order chi connectivity index (χ0) is 16.8. The number of aromatic nitrogens is 2. The van der Waals surface area contributed by atoms with Crippen molar-refractivity contribution in [2.45, 2.75) is 12.6 Å². The number of thiazole rings is 1. The molecular weight excluding hydrogens is 322 g/mol. The number of aliphatic hydroxyl groups is 1. The van der Waals surface area contributed by atoms with Crippen LogP contribution in [0, 0.1) is 0 Å². The Labute approximate surface area is 145 Å². The number of hydrogen-bond donors (Lipinski definition) is 2. The van der Waals surface area contributed by atoms with E-state index in [2.05, 4.69) is 15.3 Å². The van der Waals surface area contributed by atoms with Crippen molar-refractivity contribution in [1.82, 2.24) is 15.3 Å². The molecule has 0 fully saturated rings. The zero-order valence-electron chi connectivity index (χ0n) is 13.3. The topological polar surface area (TPSA) is 67.3 Å². The lowest BCUT2D eigenvalue weighted by atomic mass is 10.1. The summed E-state index contributed by atoms with van der Waals surface area (Å²) in [7, 11) is 1.64. The van der Waals surface area contributed by atoms with Gasteiger partial charge in [-0.3, -0.25) is 4.98 Å². The molecule has 0 amide bonds. The van der Waals surface area contributed by atoms with E-state index in [1.54, 1.807) is 24.6 Å². The molecule has 3 aromatic rings. The molecule has 0 aliphatic carbocycles. The van der Waals surface area contributed by atoms with E-state index in [0.29, 0.717) is 6.54 Å². The van der Waals surface area contributed by atoms with Gasteiger partial charge in [-0.15, -0.1) is 11.3 Å². The van der Waals surface area contributed by atoms with E-state index < -0.39 is 0 Å². The van der Waals surface area contributed by atoms with E-state index in [9.17, 15) is 5.11 Å². The van der Waals surface area contributed by atoms with Crippen LogP contribution >= 0.6 is 11.3 Å². The van der Waals surface area contributed by atoms with E-state index >= 15 is 0 Å². The normalized spacial score (nSPS) is 12.1. The molecule has 0 saturated heterocycles. The predicted octanol–water partition coefficient (Wildman–Crippen LogP) is 3.04. The smallest absolute Gasteiger partial charge is 0.142 e. The first-order valence-corrected chi connectivity index (χ1v) is 8.46. The van der Waals surface area contributed by atoms with Gasteiger partial charge >= 0.3 is 0 Å². The van der Waals surface area contributed by atoms with Crippen molar-refractivity contribution >= 4 is 11.3 Å². The number of hydrogen-bond acceptors (Lipinski definition) is 6. The lowest BCUT2D eigenvalue weighted by molar-refractivity contribution is 0.243. The monoisotopic (exact) mass is 341 g/mol. The Morgan fingerprint density at radius 2 is 2.12 bits per heavy atom. The second kappa shape index (κ2) is 8.01. The molecule has 3 rings (SSSR count). The maximum Gasteiger partial charge on any atom is 0.142 e. The number of nitrogens with zero attached hydrogens (tertiary/aromatic N) is 2. The first-order chi connectivity index (χ1) is 11.8. The minimum atomic E-state index is -0.152. The largest absolute Gasteiger partial charge is 0.497 e. The molecule has 5 nitrogen and oxygen atoms in total. The summed E-state index contributed by atoms with van der Waals surface area (Å²) in [5.74, 6) is 0.781. The van der Waals surface area contributed by atoms with Gasteiger partial charge < -0.3 is 15.2 Å². The molecule has 1 atom stereocenters. The van der Waals surface area contributed by atoms with Crippen LogP contribution < -0.4 is 10.1 Å². The van der Waals surface area contributed by atoms with Gasteiger partial charge in [-0.25, -0.2) is 4.98 Å². The van der Waals surface area contributed by atoms with Crippen molar-refractivity contribution in [2.24, 2.45) is 0 Å². The highest BCUT2D eigenvalue weighted by atomic mass is 32.1. The molecule has 0 saturated carbocycles. The predicted molar refractivity (Wildman–Crippen MR) is 95.0 cm³/mol. The number of methoxy groups -OCH3 is 1. The maximum absolute atomic E-state index is 9.68. The molecule has 1 unspecified atom stereocenters. The van der Waals surface area contributed by atoms with Gasteiger partial charge in [0, 0.05) is 23.8 Å². The molecule has 0 aliphatic heterocycles. The first kappa shape index (κ1) is 16.6. The molecule has 0 spiro atoms. The average Bonchev–Trinajstić information content (AvgIpc) is 3.12. The van der Waals surface area contributed by atoms with Crippen LogP contribution in [0.1, 0.15) is 16.5 Å². The molecule has 1 aromatic carbocycles. The summed E-state index contributed by atoms with van der Waals surface area (Å²) in [4.78, 5) is 9.83. The molecule has 2 N–H and O–H groups in total. The molecule has 24 heavy (non-hydrogen) atoms. The summed E-state index contributed by atoms with van der Waals surface area (Å²) < 4.78 is 5.24. The van der Waals surface area contributed by atoms with Crippen LogP contribution in [-0.4, -0.2) is 28.8 Å². The molecule has 0 aliphatic rings. The summed E-state index contributed by atoms with van der Waals surface area (Å²) in [6, 6.07) is 13.3. The van der Waals surface area contributed by atoms with Crippen molar-refractivity contribution in [2.75, 3.05) is 13.7 Å². The molecular formula is C18H19N3O2S. The van der Waals surface area contributed by atoms with Crippen LogP contribution in [0.15, 0.2) is 54.9 Å². The summed E-state index contributed by atoms with van der Waals surface area (Å²) in [6.07, 6.45) is 3.61. The van der Waals surface area contributed by atoms with Crippen LogP contribution in [0.2, 0.25) is 0 Å². The van der Waals surface area contributed by atoms with E-state index in [1.165, 1.54) is 0 Å². The number of ether oxygens (including phenoxy) is 1. The second-order valence-corrected chi connectivity index (χ2v) is 6.35. The van der Waals surface area contributed by atoms with Crippen molar-refractivity contribution in [1.29, 1.82) is 0 Å². The lowest BCUT2D eigenvalue weighted by Crippen LogP contribution is -2.23. The number of pyridine rings is 1. The maximum atomic E-state index is 9.68. The lowest BCUT2D eigenvalue weighted by Gasteiger charge is -2.16. The van der Waals surface area contributed by atoms with E-state index in [1.807, 2.05) is 48.7 Å². The highest BCUT2D eigenvalue weighted by Gasteiger charge is 2.12. The van der Waals surface area contributed by atoms with Crippen LogP contribution in [0.5, 0.6) is 5.75 Å². The van der Waals surface area contributed by atoms with Gasteiger partial charge in [-0.05, 0) is 29.8 Å². The number of rotatable bonds is 7. The minimum absolute atomic E-state index is 0.0130. The van der Waals surface area contributed by atoms with Gasteiger partial charge in [-0.1, -0.05) is 18.2 Å². The van der Waals surface area contributed by atoms with Gasteiger partial charge in [0.1, 0.15) is 10.8 Å². The summed E-state index contributed by atoms with van der Waals surface area (Å²) in [5, 5.41) is 13.9. The van der Waals surface area contributed by atoms with Gasteiger partial charge in [0.25, 0.3) is 0 Å². The van der Waals surface area contributed by atoms with Crippen molar-refractivity contribution in [3.05, 3.63) is 65.3 Å². The van der Waals surface area contributed by atoms with Crippen molar-refractivity contribution in [3.63, 3.8) is 0 Å². The molecule has 124 valence electrons. The second-order valence-electron chi connectivity index (χ2n) is 5.24. The van der Waals surface area contributed by atoms with Gasteiger partial charge in [0.05, 0.1) is 25.5 Å². The molecule has 6 heteroatoms. The third kappa shape index (κ3) is 3.97. The number of aliphatic hydroxyl groups excluding tert-OH is 1. The van der Waals surface area contributed by atoms with Gasteiger partial charge in [0.2, 0.25) is 0 Å². The fourth-order valence-electron chi connectivity index (χ4n) is 2.37. The van der Waals surface area contributed by atoms with Crippen LogP contribution in [0.25, 0.3) is 10.7 Å².